The normalized spacial score (nSPS) is 9.20. The predicted octanol–water partition coefficient (Wildman–Crippen LogP) is 1.81. The van der Waals surface area contributed by atoms with Crippen LogP contribution in [0.4, 0.5) is 0 Å². The Morgan fingerprint density at radius 2 is 2.60 bits per heavy atom. The van der Waals surface area contributed by atoms with E-state index in [2.05, 4.69) is 9.36 Å². The van der Waals surface area contributed by atoms with Crippen LogP contribution in [0.5, 0.6) is 0 Å². The van der Waals surface area contributed by atoms with E-state index in [1.54, 1.807) is 0 Å². The first-order valence-electron chi connectivity index (χ1n) is 2.32. The van der Waals surface area contributed by atoms with Crippen molar-refractivity contribution in [1.82, 2.24) is 9.36 Å². The Kier molecular flexibility index (Phi) is 2.93. The van der Waals surface area contributed by atoms with Crippen molar-refractivity contribution in [1.29, 1.82) is 5.26 Å². The molecule has 0 unspecified atom stereocenters. The summed E-state index contributed by atoms with van der Waals surface area (Å²) in [4.78, 5) is 3.83. The van der Waals surface area contributed by atoms with Crippen molar-refractivity contribution in [3.8, 4) is 6.07 Å². The van der Waals surface area contributed by atoms with Gasteiger partial charge in [0.1, 0.15) is 0 Å². The molecule has 3 nitrogen and oxygen atoms in total. The predicted molar refractivity (Wildman–Crippen MR) is 41.3 cm³/mol. The van der Waals surface area contributed by atoms with Crippen molar-refractivity contribution in [2.75, 3.05) is 5.75 Å². The van der Waals surface area contributed by atoms with Crippen LogP contribution in [-0.4, -0.2) is 15.1 Å². The van der Waals surface area contributed by atoms with Crippen LogP contribution in [0.3, 0.4) is 0 Å². The minimum absolute atomic E-state index is 0.255. The Bertz CT molecular complexity index is 253. The quantitative estimate of drug-likeness (QED) is 0.669. The maximum atomic E-state index is 8.19. The van der Waals surface area contributed by atoms with Gasteiger partial charge >= 0.3 is 0 Å². The number of thioether (sulfide) groups is 1. The topological polar surface area (TPSA) is 49.6 Å². The van der Waals surface area contributed by atoms with E-state index in [4.69, 9.17) is 16.9 Å². The minimum Gasteiger partial charge on any atom is -0.198 e. The van der Waals surface area contributed by atoms with Crippen LogP contribution < -0.4 is 0 Å². The number of nitriles is 1. The SMILES string of the molecule is N#CCSc1nc(Cl)ns1. The molecule has 1 aromatic heterocycles. The van der Waals surface area contributed by atoms with E-state index in [9.17, 15) is 0 Å². The molecular formula is C4H2ClN3S2. The van der Waals surface area contributed by atoms with Crippen molar-refractivity contribution in [3.63, 3.8) is 0 Å². The first-order valence-corrected chi connectivity index (χ1v) is 4.45. The van der Waals surface area contributed by atoms with E-state index in [0.717, 1.165) is 4.34 Å². The summed E-state index contributed by atoms with van der Waals surface area (Å²) >= 11 is 7.98. The van der Waals surface area contributed by atoms with Gasteiger partial charge in [-0.05, 0) is 23.1 Å². The number of halogens is 1. The lowest BCUT2D eigenvalue weighted by atomic mass is 10.9. The fraction of sp³-hybridized carbons (Fsp3) is 0.250. The van der Waals surface area contributed by atoms with Gasteiger partial charge in [0.05, 0.1) is 11.8 Å². The molecule has 0 saturated heterocycles. The van der Waals surface area contributed by atoms with Crippen LogP contribution in [0.25, 0.3) is 0 Å². The molecule has 0 aliphatic rings. The third-order valence-electron chi connectivity index (χ3n) is 0.643. The Labute approximate surface area is 71.2 Å². The summed E-state index contributed by atoms with van der Waals surface area (Å²) in [5.41, 5.74) is 0. The fourth-order valence-electron chi connectivity index (χ4n) is 0.346. The van der Waals surface area contributed by atoms with Crippen LogP contribution in [0, 0.1) is 11.3 Å². The molecule has 52 valence electrons. The molecule has 0 atom stereocenters. The summed E-state index contributed by atoms with van der Waals surface area (Å²) in [5, 5.41) is 8.44. The summed E-state index contributed by atoms with van der Waals surface area (Å²) in [6.45, 7) is 0. The summed E-state index contributed by atoms with van der Waals surface area (Å²) in [6, 6.07) is 1.98. The summed E-state index contributed by atoms with van der Waals surface area (Å²) in [7, 11) is 0. The zero-order chi connectivity index (χ0) is 7.40. The molecule has 0 N–H and O–H groups in total. The van der Waals surface area contributed by atoms with Crippen LogP contribution in [0.1, 0.15) is 0 Å². The standard InChI is InChI=1S/C4H2ClN3S2/c5-3-7-4(10-8-3)9-2-1-6/h2H2. The average molecular weight is 192 g/mol. The Morgan fingerprint density at radius 3 is 3.10 bits per heavy atom. The Hall–Kier alpha value is -0.310. The highest BCUT2D eigenvalue weighted by Gasteiger charge is 1.99. The zero-order valence-corrected chi connectivity index (χ0v) is 7.13. The van der Waals surface area contributed by atoms with Gasteiger partial charge in [-0.15, -0.1) is 0 Å². The number of aromatic nitrogens is 2. The smallest absolute Gasteiger partial charge is 0.198 e. The molecule has 0 amide bonds. The van der Waals surface area contributed by atoms with Gasteiger partial charge in [-0.3, -0.25) is 0 Å². The van der Waals surface area contributed by atoms with Gasteiger partial charge < -0.3 is 0 Å². The van der Waals surface area contributed by atoms with Crippen molar-refractivity contribution >= 4 is 34.9 Å². The van der Waals surface area contributed by atoms with E-state index >= 15 is 0 Å². The van der Waals surface area contributed by atoms with E-state index < -0.39 is 0 Å². The lowest BCUT2D eigenvalue weighted by molar-refractivity contribution is 1.22. The summed E-state index contributed by atoms with van der Waals surface area (Å²) in [5.74, 6) is 0.394. The van der Waals surface area contributed by atoms with Gasteiger partial charge in [0.15, 0.2) is 4.34 Å². The first kappa shape index (κ1) is 7.79. The molecule has 6 heteroatoms. The molecule has 1 heterocycles. The number of hydrogen-bond acceptors (Lipinski definition) is 5. The molecule has 0 aromatic carbocycles. The lowest BCUT2D eigenvalue weighted by Gasteiger charge is -1.81. The molecule has 0 aliphatic carbocycles. The molecule has 0 saturated carbocycles. The Balaban J connectivity index is 2.52. The second kappa shape index (κ2) is 3.76. The molecule has 0 radical (unpaired) electrons. The molecule has 0 aliphatic heterocycles. The van der Waals surface area contributed by atoms with Gasteiger partial charge in [-0.1, -0.05) is 11.8 Å². The largest absolute Gasteiger partial charge is 0.235 e. The van der Waals surface area contributed by atoms with Gasteiger partial charge in [0.25, 0.3) is 0 Å². The second-order valence-electron chi connectivity index (χ2n) is 1.28. The van der Waals surface area contributed by atoms with Gasteiger partial charge in [-0.25, -0.2) is 0 Å². The van der Waals surface area contributed by atoms with Crippen molar-refractivity contribution in [3.05, 3.63) is 5.28 Å². The highest BCUT2D eigenvalue weighted by molar-refractivity contribution is 8.01. The minimum atomic E-state index is 0.255. The van der Waals surface area contributed by atoms with Crippen LogP contribution in [0.15, 0.2) is 4.34 Å². The Morgan fingerprint density at radius 1 is 1.80 bits per heavy atom. The molecule has 0 spiro atoms. The fourth-order valence-corrected chi connectivity index (χ4v) is 1.79. The van der Waals surface area contributed by atoms with Gasteiger partial charge in [0.2, 0.25) is 5.28 Å². The van der Waals surface area contributed by atoms with Crippen LogP contribution >= 0.6 is 34.9 Å². The number of hydrogen-bond donors (Lipinski definition) is 0. The van der Waals surface area contributed by atoms with Crippen LogP contribution in [-0.2, 0) is 0 Å². The molecule has 1 aromatic rings. The molecule has 0 bridgehead atoms. The van der Waals surface area contributed by atoms with Crippen molar-refractivity contribution < 1.29 is 0 Å². The van der Waals surface area contributed by atoms with E-state index in [1.165, 1.54) is 23.3 Å². The maximum Gasteiger partial charge on any atom is 0.235 e. The average Bonchev–Trinajstić information content (AvgIpc) is 2.31. The first-order chi connectivity index (χ1) is 4.83. The molecular weight excluding hydrogens is 190 g/mol. The van der Waals surface area contributed by atoms with Gasteiger partial charge in [-0.2, -0.15) is 14.6 Å². The third-order valence-corrected chi connectivity index (χ3v) is 2.61. The molecule has 10 heavy (non-hydrogen) atoms. The van der Waals surface area contributed by atoms with Crippen molar-refractivity contribution in [2.45, 2.75) is 4.34 Å². The highest BCUT2D eigenvalue weighted by Crippen LogP contribution is 2.20. The lowest BCUT2D eigenvalue weighted by Crippen LogP contribution is -1.70. The summed E-state index contributed by atoms with van der Waals surface area (Å²) in [6.07, 6.45) is 0. The zero-order valence-electron chi connectivity index (χ0n) is 4.74. The molecule has 0 fully saturated rings. The second-order valence-corrected chi connectivity index (χ2v) is 3.59. The van der Waals surface area contributed by atoms with Crippen molar-refractivity contribution in [2.24, 2.45) is 0 Å². The van der Waals surface area contributed by atoms with Gasteiger partial charge in [0, 0.05) is 0 Å². The number of nitrogens with zero attached hydrogens (tertiary/aromatic N) is 3. The number of rotatable bonds is 2. The highest BCUT2D eigenvalue weighted by atomic mass is 35.5. The van der Waals surface area contributed by atoms with E-state index in [0.29, 0.717) is 5.75 Å². The van der Waals surface area contributed by atoms with Crippen LogP contribution in [0.2, 0.25) is 5.28 Å². The third kappa shape index (κ3) is 2.14. The molecule has 1 rings (SSSR count). The monoisotopic (exact) mass is 191 g/mol. The van der Waals surface area contributed by atoms with E-state index in [-0.39, 0.29) is 5.28 Å². The van der Waals surface area contributed by atoms with E-state index in [1.807, 2.05) is 6.07 Å². The summed E-state index contributed by atoms with van der Waals surface area (Å²) < 4.78 is 4.48. The maximum absolute atomic E-state index is 8.19.